The van der Waals surface area contributed by atoms with Gasteiger partial charge in [-0.05, 0) is 50.6 Å². The summed E-state index contributed by atoms with van der Waals surface area (Å²) in [5.74, 6) is 0.0516. The van der Waals surface area contributed by atoms with E-state index in [0.29, 0.717) is 12.6 Å². The highest BCUT2D eigenvalue weighted by Gasteiger charge is 2.24. The monoisotopic (exact) mass is 446 g/mol. The van der Waals surface area contributed by atoms with Crippen LogP contribution in [0, 0.1) is 0 Å². The van der Waals surface area contributed by atoms with Gasteiger partial charge in [-0.15, -0.1) is 0 Å². The molecule has 1 aromatic carbocycles. The maximum absolute atomic E-state index is 12.9. The summed E-state index contributed by atoms with van der Waals surface area (Å²) in [7, 11) is 1.87. The van der Waals surface area contributed by atoms with Crippen molar-refractivity contribution in [2.45, 2.75) is 44.1 Å². The van der Waals surface area contributed by atoms with Gasteiger partial charge in [0.05, 0.1) is 17.1 Å². The van der Waals surface area contributed by atoms with E-state index in [1.807, 2.05) is 22.5 Å². The van der Waals surface area contributed by atoms with Crippen LogP contribution in [0.4, 0.5) is 0 Å². The number of imidazole rings is 1. The number of fused-ring (bicyclic) bond motifs is 3. The Kier molecular flexibility index (Phi) is 6.39. The Balaban J connectivity index is 1.46. The van der Waals surface area contributed by atoms with Crippen molar-refractivity contribution in [1.82, 2.24) is 19.6 Å². The number of carbonyl (C=O) groups excluding carboxylic acids is 1. The number of rotatable bonds is 8. The summed E-state index contributed by atoms with van der Waals surface area (Å²) >= 11 is 3.23. The van der Waals surface area contributed by atoms with Crippen molar-refractivity contribution >= 4 is 45.0 Å². The Bertz CT molecular complexity index is 1040. The molecule has 1 N–H and O–H groups in total. The van der Waals surface area contributed by atoms with Crippen LogP contribution in [-0.4, -0.2) is 64.0 Å². The fourth-order valence-electron chi connectivity index (χ4n) is 3.85. The third-order valence-corrected chi connectivity index (χ3v) is 7.83. The largest absolute Gasteiger partial charge is 0.377 e. The molecule has 3 aromatic rings. The lowest BCUT2D eigenvalue weighted by Crippen LogP contribution is -2.37. The first-order chi connectivity index (χ1) is 14.4. The summed E-state index contributed by atoms with van der Waals surface area (Å²) in [4.78, 5) is 21.0. The molecule has 3 heterocycles. The maximum Gasteiger partial charge on any atom is 0.265 e. The Morgan fingerprint density at radius 2 is 2.30 bits per heavy atom. The zero-order valence-electron chi connectivity index (χ0n) is 18.1. The summed E-state index contributed by atoms with van der Waals surface area (Å²) in [6.07, 6.45) is 6.67. The van der Waals surface area contributed by atoms with Gasteiger partial charge in [-0.3, -0.25) is 9.20 Å². The van der Waals surface area contributed by atoms with E-state index in [2.05, 4.69) is 43.6 Å². The first-order valence-corrected chi connectivity index (χ1v) is 12.4. The number of thiazole rings is 1. The van der Waals surface area contributed by atoms with Gasteiger partial charge in [0.2, 0.25) is 0 Å². The molecule has 30 heavy (non-hydrogen) atoms. The van der Waals surface area contributed by atoms with Crippen LogP contribution >= 0.6 is 23.1 Å². The van der Waals surface area contributed by atoms with Gasteiger partial charge in [0.25, 0.3) is 5.91 Å². The Morgan fingerprint density at radius 1 is 1.47 bits per heavy atom. The van der Waals surface area contributed by atoms with E-state index in [0.717, 1.165) is 47.0 Å². The molecule has 1 amide bonds. The number of aromatic nitrogens is 2. The van der Waals surface area contributed by atoms with Crippen LogP contribution in [0.5, 0.6) is 0 Å². The average molecular weight is 447 g/mol. The van der Waals surface area contributed by atoms with Crippen LogP contribution in [0.1, 0.15) is 41.9 Å². The molecule has 0 saturated carbocycles. The number of nitrogens with one attached hydrogen (secondary N) is 1. The minimum absolute atomic E-state index is 0.0306. The van der Waals surface area contributed by atoms with Crippen LogP contribution in [0.2, 0.25) is 0 Å². The van der Waals surface area contributed by atoms with Gasteiger partial charge in [-0.25, -0.2) is 4.98 Å². The van der Waals surface area contributed by atoms with Crippen molar-refractivity contribution in [3.63, 3.8) is 0 Å². The molecule has 8 heteroatoms. The van der Waals surface area contributed by atoms with Crippen molar-refractivity contribution < 1.29 is 9.53 Å². The van der Waals surface area contributed by atoms with Crippen LogP contribution in [-0.2, 0) is 11.3 Å². The summed E-state index contributed by atoms with van der Waals surface area (Å²) < 4.78 is 7.72. The fraction of sp³-hybridized carbons (Fsp3) is 0.545. The number of carbonyl (C=O) groups is 1. The average Bonchev–Trinajstić information content (AvgIpc) is 3.43. The predicted octanol–water partition coefficient (Wildman–Crippen LogP) is 4.03. The summed E-state index contributed by atoms with van der Waals surface area (Å²) in [6, 6.07) is 6.36. The van der Waals surface area contributed by atoms with Crippen molar-refractivity contribution in [2.75, 3.05) is 33.0 Å². The predicted molar refractivity (Wildman–Crippen MR) is 126 cm³/mol. The van der Waals surface area contributed by atoms with Crippen molar-refractivity contribution in [2.24, 2.45) is 0 Å². The van der Waals surface area contributed by atoms with Gasteiger partial charge >= 0.3 is 0 Å². The standard InChI is InChI=1S/C22H30N4O2S2/c1-22(2,29-4)14-25(3)20(27)19-13-26-18-8-7-15(10-17(18)24-21(26)30-19)11-23-12-16-6-5-9-28-16/h7-8,10,13,16,23H,5-6,9,11-12,14H2,1-4H3. The summed E-state index contributed by atoms with van der Waals surface area (Å²) in [6.45, 7) is 7.60. The highest BCUT2D eigenvalue weighted by molar-refractivity contribution is 7.99. The molecule has 4 rings (SSSR count). The second-order valence-corrected chi connectivity index (χ2v) is 11.1. The molecule has 162 valence electrons. The first-order valence-electron chi connectivity index (χ1n) is 10.4. The topological polar surface area (TPSA) is 58.9 Å². The molecule has 1 fully saturated rings. The molecule has 0 bridgehead atoms. The SMILES string of the molecule is CSC(C)(C)CN(C)C(=O)c1cn2c(nc3cc(CNCC4CCCO4)ccc32)s1. The van der Waals surface area contributed by atoms with Gasteiger partial charge in [-0.2, -0.15) is 11.8 Å². The van der Waals surface area contributed by atoms with Crippen LogP contribution < -0.4 is 5.32 Å². The number of amides is 1. The molecule has 1 aliphatic rings. The van der Waals surface area contributed by atoms with E-state index in [9.17, 15) is 4.79 Å². The molecule has 1 unspecified atom stereocenters. The lowest BCUT2D eigenvalue weighted by atomic mass is 10.2. The lowest BCUT2D eigenvalue weighted by molar-refractivity contribution is 0.0790. The molecule has 2 aromatic heterocycles. The quantitative estimate of drug-likeness (QED) is 0.566. The number of hydrogen-bond donors (Lipinski definition) is 1. The van der Waals surface area contributed by atoms with Crippen molar-refractivity contribution in [3.8, 4) is 0 Å². The molecule has 1 aliphatic heterocycles. The molecular weight excluding hydrogens is 416 g/mol. The number of thioether (sulfide) groups is 1. The molecule has 6 nitrogen and oxygen atoms in total. The zero-order chi connectivity index (χ0) is 21.3. The lowest BCUT2D eigenvalue weighted by Gasteiger charge is -2.28. The van der Waals surface area contributed by atoms with Crippen molar-refractivity contribution in [3.05, 3.63) is 34.8 Å². The highest BCUT2D eigenvalue weighted by Crippen LogP contribution is 2.27. The number of hydrogen-bond acceptors (Lipinski definition) is 6. The molecular formula is C22H30N4O2S2. The fourth-order valence-corrected chi connectivity index (χ4v) is 5.16. The third-order valence-electron chi connectivity index (χ3n) is 5.62. The number of benzene rings is 1. The zero-order valence-corrected chi connectivity index (χ0v) is 19.7. The second kappa shape index (κ2) is 8.86. The molecule has 1 atom stereocenters. The molecule has 0 aliphatic carbocycles. The van der Waals surface area contributed by atoms with Crippen LogP contribution in [0.15, 0.2) is 24.4 Å². The van der Waals surface area contributed by atoms with E-state index in [1.165, 1.54) is 23.3 Å². The normalized spacial score (nSPS) is 17.3. The van der Waals surface area contributed by atoms with Gasteiger partial charge in [-0.1, -0.05) is 17.4 Å². The van der Waals surface area contributed by atoms with Crippen LogP contribution in [0.25, 0.3) is 16.0 Å². The second-order valence-electron chi connectivity index (χ2n) is 8.57. The summed E-state index contributed by atoms with van der Waals surface area (Å²) in [5, 5.41) is 3.49. The van der Waals surface area contributed by atoms with Crippen LogP contribution in [0.3, 0.4) is 0 Å². The van der Waals surface area contributed by atoms with Gasteiger partial charge in [0.15, 0.2) is 4.96 Å². The van der Waals surface area contributed by atoms with E-state index in [-0.39, 0.29) is 10.7 Å². The first kappa shape index (κ1) is 21.6. The maximum atomic E-state index is 12.9. The molecule has 0 radical (unpaired) electrons. The smallest absolute Gasteiger partial charge is 0.265 e. The molecule has 0 spiro atoms. The van der Waals surface area contributed by atoms with E-state index >= 15 is 0 Å². The Labute approximate surface area is 186 Å². The van der Waals surface area contributed by atoms with Gasteiger partial charge in [0, 0.05) is 44.2 Å². The number of ether oxygens (including phenoxy) is 1. The van der Waals surface area contributed by atoms with Crippen molar-refractivity contribution in [1.29, 1.82) is 0 Å². The van der Waals surface area contributed by atoms with E-state index in [1.54, 1.807) is 11.8 Å². The summed E-state index contributed by atoms with van der Waals surface area (Å²) in [5.41, 5.74) is 3.21. The Morgan fingerprint density at radius 3 is 3.03 bits per heavy atom. The van der Waals surface area contributed by atoms with Gasteiger partial charge < -0.3 is 15.0 Å². The highest BCUT2D eigenvalue weighted by atomic mass is 32.2. The van der Waals surface area contributed by atoms with Gasteiger partial charge in [0.1, 0.15) is 4.88 Å². The molecule has 1 saturated heterocycles. The number of nitrogens with zero attached hydrogens (tertiary/aromatic N) is 3. The van der Waals surface area contributed by atoms with E-state index < -0.39 is 0 Å². The minimum Gasteiger partial charge on any atom is -0.377 e. The van der Waals surface area contributed by atoms with E-state index in [4.69, 9.17) is 9.72 Å². The Hall–Kier alpha value is -1.61. The third kappa shape index (κ3) is 4.66. The minimum atomic E-state index is 0.0306.